The fourth-order valence-electron chi connectivity index (χ4n) is 1.71. The maximum Gasteiger partial charge on any atom is 0.272 e. The van der Waals surface area contributed by atoms with Crippen LogP contribution in [0.25, 0.3) is 0 Å². The highest BCUT2D eigenvalue weighted by molar-refractivity contribution is 5.99. The van der Waals surface area contributed by atoms with E-state index in [1.54, 1.807) is 13.1 Å². The van der Waals surface area contributed by atoms with E-state index < -0.39 is 11.9 Å². The minimum Gasteiger partial charge on any atom is -0.382 e. The number of hydrogen-bond acceptors (Lipinski definition) is 5. The van der Waals surface area contributed by atoms with E-state index >= 15 is 0 Å². The molecule has 1 unspecified atom stereocenters. The summed E-state index contributed by atoms with van der Waals surface area (Å²) in [4.78, 5) is 32.4. The first-order valence-corrected chi connectivity index (χ1v) is 7.03. The van der Waals surface area contributed by atoms with E-state index in [0.717, 1.165) is 0 Å². The fourth-order valence-corrected chi connectivity index (χ4v) is 1.71. The van der Waals surface area contributed by atoms with Crippen LogP contribution in [0.4, 0.5) is 5.69 Å². The minimum absolute atomic E-state index is 0.114. The number of carbonyl (C=O) groups excluding carboxylic acids is 2. The van der Waals surface area contributed by atoms with Crippen molar-refractivity contribution < 1.29 is 9.59 Å². The van der Waals surface area contributed by atoms with Crippen LogP contribution in [0.3, 0.4) is 0 Å². The van der Waals surface area contributed by atoms with Gasteiger partial charge in [0, 0.05) is 19.5 Å². The van der Waals surface area contributed by atoms with Gasteiger partial charge in [-0.05, 0) is 13.8 Å². The van der Waals surface area contributed by atoms with E-state index in [0.29, 0.717) is 18.1 Å². The lowest BCUT2D eigenvalue weighted by Crippen LogP contribution is -2.44. The van der Waals surface area contributed by atoms with Gasteiger partial charge in [-0.3, -0.25) is 9.59 Å². The molecule has 1 atom stereocenters. The first-order valence-electron chi connectivity index (χ1n) is 7.03. The van der Waals surface area contributed by atoms with Gasteiger partial charge < -0.3 is 16.0 Å². The first-order chi connectivity index (χ1) is 9.90. The predicted octanol–water partition coefficient (Wildman–Crippen LogP) is 0.896. The van der Waals surface area contributed by atoms with Crippen LogP contribution in [0, 0.1) is 0 Å². The van der Waals surface area contributed by atoms with Gasteiger partial charge in [-0.1, -0.05) is 13.8 Å². The quantitative estimate of drug-likeness (QED) is 0.724. The Kier molecular flexibility index (Phi) is 6.08. The summed E-state index contributed by atoms with van der Waals surface area (Å²) in [5, 5.41) is 8.17. The highest BCUT2D eigenvalue weighted by atomic mass is 16.2. The number of rotatable bonds is 6. The summed E-state index contributed by atoms with van der Waals surface area (Å²) in [6, 6.07) is -0.630. The maximum absolute atomic E-state index is 12.3. The van der Waals surface area contributed by atoms with Crippen LogP contribution in [0.2, 0.25) is 0 Å². The van der Waals surface area contributed by atoms with Crippen LogP contribution >= 0.6 is 0 Å². The van der Waals surface area contributed by atoms with E-state index in [2.05, 4.69) is 25.9 Å². The number of anilines is 1. The van der Waals surface area contributed by atoms with Gasteiger partial charge in [0.2, 0.25) is 5.91 Å². The summed E-state index contributed by atoms with van der Waals surface area (Å²) in [6.07, 6.45) is 1.60. The van der Waals surface area contributed by atoms with Crippen molar-refractivity contribution in [1.82, 2.24) is 20.6 Å². The van der Waals surface area contributed by atoms with Gasteiger partial charge in [0.1, 0.15) is 11.9 Å². The molecule has 0 radical (unpaired) electrons. The molecule has 2 amide bonds. The Hall–Kier alpha value is -2.18. The summed E-state index contributed by atoms with van der Waals surface area (Å²) in [6.45, 7) is 8.10. The van der Waals surface area contributed by atoms with Crippen molar-refractivity contribution >= 4 is 17.5 Å². The standard InChI is InChI=1S/C14H23N5O2/c1-6-16-10-7-17-12(8(2)3)19-11(10)14(21)18-9(4)13(20)15-5/h7-9,16H,6H2,1-5H3,(H,15,20)(H,18,21). The van der Waals surface area contributed by atoms with Crippen LogP contribution in [0.1, 0.15) is 49.9 Å². The SMILES string of the molecule is CCNc1cnc(C(C)C)nc1C(=O)NC(C)C(=O)NC. The zero-order chi connectivity index (χ0) is 16.0. The smallest absolute Gasteiger partial charge is 0.272 e. The second kappa shape index (κ2) is 7.56. The van der Waals surface area contributed by atoms with Gasteiger partial charge in [-0.15, -0.1) is 0 Å². The summed E-state index contributed by atoms with van der Waals surface area (Å²) in [5.41, 5.74) is 0.815. The van der Waals surface area contributed by atoms with Crippen molar-refractivity contribution in [1.29, 1.82) is 0 Å². The molecule has 0 aliphatic heterocycles. The second-order valence-electron chi connectivity index (χ2n) is 4.98. The Balaban J connectivity index is 3.04. The number of nitrogens with one attached hydrogen (secondary N) is 3. The molecule has 0 saturated carbocycles. The molecule has 0 spiro atoms. The molecule has 1 aromatic heterocycles. The number of nitrogens with zero attached hydrogens (tertiary/aromatic N) is 2. The largest absolute Gasteiger partial charge is 0.382 e. The molecular weight excluding hydrogens is 270 g/mol. The summed E-state index contributed by atoms with van der Waals surface area (Å²) < 4.78 is 0. The first kappa shape index (κ1) is 16.9. The number of likely N-dealkylation sites (N-methyl/N-ethyl adjacent to an activating group) is 1. The van der Waals surface area contributed by atoms with E-state index in [1.165, 1.54) is 7.05 Å². The number of amides is 2. The predicted molar refractivity (Wildman–Crippen MR) is 81.3 cm³/mol. The van der Waals surface area contributed by atoms with E-state index in [4.69, 9.17) is 0 Å². The number of aromatic nitrogens is 2. The Morgan fingerprint density at radius 1 is 1.29 bits per heavy atom. The Labute approximate surface area is 124 Å². The van der Waals surface area contributed by atoms with E-state index in [1.807, 2.05) is 20.8 Å². The fraction of sp³-hybridized carbons (Fsp3) is 0.571. The molecule has 0 aromatic carbocycles. The van der Waals surface area contributed by atoms with E-state index in [9.17, 15) is 9.59 Å². The minimum atomic E-state index is -0.630. The number of hydrogen-bond donors (Lipinski definition) is 3. The van der Waals surface area contributed by atoms with Gasteiger partial charge in [0.05, 0.1) is 11.9 Å². The molecule has 116 valence electrons. The summed E-state index contributed by atoms with van der Waals surface area (Å²) in [7, 11) is 1.52. The summed E-state index contributed by atoms with van der Waals surface area (Å²) in [5.74, 6) is 0.0517. The van der Waals surface area contributed by atoms with Crippen molar-refractivity contribution in [3.8, 4) is 0 Å². The van der Waals surface area contributed by atoms with Gasteiger partial charge in [-0.25, -0.2) is 9.97 Å². The lowest BCUT2D eigenvalue weighted by atomic mass is 10.2. The third-order valence-electron chi connectivity index (χ3n) is 2.89. The van der Waals surface area contributed by atoms with Crippen molar-refractivity contribution in [2.45, 2.75) is 39.7 Å². The topological polar surface area (TPSA) is 96.0 Å². The van der Waals surface area contributed by atoms with Crippen LogP contribution in [0.5, 0.6) is 0 Å². The van der Waals surface area contributed by atoms with Crippen LogP contribution in [-0.2, 0) is 4.79 Å². The van der Waals surface area contributed by atoms with Crippen molar-refractivity contribution in [2.24, 2.45) is 0 Å². The molecule has 0 bridgehead atoms. The van der Waals surface area contributed by atoms with Gasteiger partial charge in [0.25, 0.3) is 5.91 Å². The lowest BCUT2D eigenvalue weighted by Gasteiger charge is -2.15. The molecule has 1 rings (SSSR count). The molecule has 21 heavy (non-hydrogen) atoms. The molecular formula is C14H23N5O2. The van der Waals surface area contributed by atoms with Gasteiger partial charge in [0.15, 0.2) is 5.69 Å². The average Bonchev–Trinajstić information content (AvgIpc) is 2.46. The Morgan fingerprint density at radius 3 is 2.48 bits per heavy atom. The highest BCUT2D eigenvalue weighted by Gasteiger charge is 2.20. The third-order valence-corrected chi connectivity index (χ3v) is 2.89. The molecule has 7 nitrogen and oxygen atoms in total. The molecule has 7 heteroatoms. The maximum atomic E-state index is 12.3. The normalized spacial score (nSPS) is 11.9. The molecule has 0 aliphatic rings. The molecule has 1 aromatic rings. The second-order valence-corrected chi connectivity index (χ2v) is 4.98. The van der Waals surface area contributed by atoms with Crippen LogP contribution in [0.15, 0.2) is 6.20 Å². The zero-order valence-electron chi connectivity index (χ0n) is 13.2. The lowest BCUT2D eigenvalue weighted by molar-refractivity contribution is -0.122. The molecule has 0 fully saturated rings. The van der Waals surface area contributed by atoms with Gasteiger partial charge in [-0.2, -0.15) is 0 Å². The van der Waals surface area contributed by atoms with Crippen molar-refractivity contribution in [3.63, 3.8) is 0 Å². The van der Waals surface area contributed by atoms with E-state index in [-0.39, 0.29) is 17.5 Å². The molecule has 0 saturated heterocycles. The van der Waals surface area contributed by atoms with Crippen molar-refractivity contribution in [2.75, 3.05) is 18.9 Å². The third kappa shape index (κ3) is 4.40. The van der Waals surface area contributed by atoms with Crippen LogP contribution < -0.4 is 16.0 Å². The summed E-state index contributed by atoms with van der Waals surface area (Å²) >= 11 is 0. The van der Waals surface area contributed by atoms with Gasteiger partial charge >= 0.3 is 0 Å². The Bertz CT molecular complexity index is 516. The zero-order valence-corrected chi connectivity index (χ0v) is 13.2. The molecule has 3 N–H and O–H groups in total. The highest BCUT2D eigenvalue weighted by Crippen LogP contribution is 2.16. The molecule has 1 heterocycles. The number of carbonyl (C=O) groups is 2. The Morgan fingerprint density at radius 2 is 1.95 bits per heavy atom. The van der Waals surface area contributed by atoms with Crippen LogP contribution in [-0.4, -0.2) is 41.4 Å². The average molecular weight is 293 g/mol. The monoisotopic (exact) mass is 293 g/mol. The molecule has 0 aliphatic carbocycles. The van der Waals surface area contributed by atoms with Crippen molar-refractivity contribution in [3.05, 3.63) is 17.7 Å².